The number of nitro benzene ring substituents is 1. The Morgan fingerprint density at radius 1 is 1.24 bits per heavy atom. The molecule has 2 aromatic rings. The highest BCUT2D eigenvalue weighted by atomic mass is 32.2. The molecular formula is C15H15N3O6S. The topological polar surface area (TPSA) is 142 Å². The lowest BCUT2D eigenvalue weighted by Gasteiger charge is -2.08. The van der Waals surface area contributed by atoms with Gasteiger partial charge in [-0.3, -0.25) is 14.9 Å². The van der Waals surface area contributed by atoms with Crippen LogP contribution in [0.3, 0.4) is 0 Å². The molecule has 0 saturated carbocycles. The maximum absolute atomic E-state index is 12.2. The van der Waals surface area contributed by atoms with Gasteiger partial charge in [0.15, 0.2) is 5.75 Å². The Bertz CT molecular complexity index is 909. The summed E-state index contributed by atoms with van der Waals surface area (Å²) in [4.78, 5) is 22.6. The number of rotatable bonds is 6. The molecule has 1 amide bonds. The van der Waals surface area contributed by atoms with Gasteiger partial charge in [0.2, 0.25) is 10.0 Å². The van der Waals surface area contributed by atoms with Crippen molar-refractivity contribution in [2.75, 3.05) is 11.9 Å². The molecular weight excluding hydrogens is 350 g/mol. The van der Waals surface area contributed by atoms with Gasteiger partial charge in [-0.25, -0.2) is 13.6 Å². The summed E-state index contributed by atoms with van der Waals surface area (Å²) in [5.74, 6) is -0.518. The van der Waals surface area contributed by atoms with Crippen LogP contribution in [0.4, 0.5) is 11.4 Å². The van der Waals surface area contributed by atoms with Crippen molar-refractivity contribution >= 4 is 27.3 Å². The lowest BCUT2D eigenvalue weighted by Crippen LogP contribution is -2.14. The van der Waals surface area contributed by atoms with Gasteiger partial charge < -0.3 is 10.1 Å². The number of nitro groups is 1. The van der Waals surface area contributed by atoms with E-state index in [4.69, 9.17) is 9.88 Å². The minimum absolute atomic E-state index is 0.0608. The van der Waals surface area contributed by atoms with Crippen molar-refractivity contribution in [3.05, 3.63) is 58.1 Å². The van der Waals surface area contributed by atoms with Crippen molar-refractivity contribution in [1.82, 2.24) is 0 Å². The van der Waals surface area contributed by atoms with Crippen LogP contribution in [-0.4, -0.2) is 25.9 Å². The van der Waals surface area contributed by atoms with Crippen LogP contribution in [0.5, 0.6) is 5.75 Å². The first-order valence-corrected chi connectivity index (χ1v) is 8.62. The minimum atomic E-state index is -3.83. The number of nitrogens with zero attached hydrogens (tertiary/aromatic N) is 1. The molecule has 0 aliphatic rings. The minimum Gasteiger partial charge on any atom is -0.487 e. The highest BCUT2D eigenvalue weighted by Gasteiger charge is 2.19. The quantitative estimate of drug-likeness (QED) is 0.591. The Morgan fingerprint density at radius 2 is 1.88 bits per heavy atom. The van der Waals surface area contributed by atoms with Crippen LogP contribution >= 0.6 is 0 Å². The molecule has 0 aliphatic heterocycles. The average Bonchev–Trinajstić information content (AvgIpc) is 2.55. The summed E-state index contributed by atoms with van der Waals surface area (Å²) >= 11 is 0. The van der Waals surface area contributed by atoms with E-state index in [2.05, 4.69) is 5.32 Å². The van der Waals surface area contributed by atoms with Gasteiger partial charge >= 0.3 is 5.69 Å². The molecule has 2 rings (SSSR count). The van der Waals surface area contributed by atoms with Gasteiger partial charge in [0.05, 0.1) is 16.4 Å². The van der Waals surface area contributed by atoms with Gasteiger partial charge in [-0.2, -0.15) is 0 Å². The summed E-state index contributed by atoms with van der Waals surface area (Å²) in [6.07, 6.45) is 0. The highest BCUT2D eigenvalue weighted by molar-refractivity contribution is 7.89. The largest absolute Gasteiger partial charge is 0.487 e. The van der Waals surface area contributed by atoms with Gasteiger partial charge in [-0.1, -0.05) is 0 Å². The van der Waals surface area contributed by atoms with Crippen molar-refractivity contribution in [3.8, 4) is 5.75 Å². The lowest BCUT2D eigenvalue weighted by molar-refractivity contribution is -0.385. The monoisotopic (exact) mass is 365 g/mol. The molecule has 132 valence electrons. The zero-order valence-corrected chi connectivity index (χ0v) is 13.9. The number of sulfonamides is 1. The van der Waals surface area contributed by atoms with E-state index in [0.717, 1.165) is 6.07 Å². The molecule has 0 aliphatic carbocycles. The zero-order chi connectivity index (χ0) is 18.6. The molecule has 0 radical (unpaired) electrons. The van der Waals surface area contributed by atoms with Gasteiger partial charge in [-0.05, 0) is 43.3 Å². The van der Waals surface area contributed by atoms with Gasteiger partial charge in [0.25, 0.3) is 5.91 Å². The lowest BCUT2D eigenvalue weighted by atomic mass is 10.1. The first-order valence-electron chi connectivity index (χ1n) is 7.08. The van der Waals surface area contributed by atoms with Crippen LogP contribution in [0.2, 0.25) is 0 Å². The molecule has 3 N–H and O–H groups in total. The fraction of sp³-hybridized carbons (Fsp3) is 0.133. The average molecular weight is 365 g/mol. The molecule has 0 saturated heterocycles. The Hall–Kier alpha value is -2.98. The maximum Gasteiger partial charge on any atom is 0.311 e. The molecule has 0 spiro atoms. The van der Waals surface area contributed by atoms with Crippen molar-refractivity contribution < 1.29 is 22.9 Å². The molecule has 0 unspecified atom stereocenters. The number of ether oxygens (including phenoxy) is 1. The number of hydrogen-bond donors (Lipinski definition) is 2. The number of primary sulfonamides is 1. The Balaban J connectivity index is 2.23. The second-order valence-corrected chi connectivity index (χ2v) is 6.46. The van der Waals surface area contributed by atoms with Gasteiger partial charge in [0, 0.05) is 17.3 Å². The number of nitrogens with one attached hydrogen (secondary N) is 1. The van der Waals surface area contributed by atoms with Gasteiger partial charge in [-0.15, -0.1) is 0 Å². The van der Waals surface area contributed by atoms with E-state index in [9.17, 15) is 23.3 Å². The predicted molar refractivity (Wildman–Crippen MR) is 90.0 cm³/mol. The molecule has 10 heteroatoms. The van der Waals surface area contributed by atoms with E-state index >= 15 is 0 Å². The second-order valence-electron chi connectivity index (χ2n) is 4.90. The number of hydrogen-bond acceptors (Lipinski definition) is 6. The number of amides is 1. The number of nitrogens with two attached hydrogens (primary N) is 1. The molecule has 25 heavy (non-hydrogen) atoms. The van der Waals surface area contributed by atoms with Gasteiger partial charge in [0.1, 0.15) is 0 Å². The van der Waals surface area contributed by atoms with Crippen LogP contribution in [-0.2, 0) is 10.0 Å². The van der Waals surface area contributed by atoms with E-state index in [1.165, 1.54) is 36.4 Å². The number of carbonyl (C=O) groups is 1. The van der Waals surface area contributed by atoms with Crippen LogP contribution in [0.1, 0.15) is 17.3 Å². The number of carbonyl (C=O) groups excluding carboxylic acids is 1. The molecule has 0 heterocycles. The van der Waals surface area contributed by atoms with Crippen LogP contribution in [0.15, 0.2) is 47.4 Å². The molecule has 0 atom stereocenters. The van der Waals surface area contributed by atoms with E-state index < -0.39 is 20.9 Å². The second kappa shape index (κ2) is 7.28. The Kier molecular flexibility index (Phi) is 5.35. The smallest absolute Gasteiger partial charge is 0.311 e. The standard InChI is InChI=1S/C15H15N3O6S/c1-2-24-14-8-3-10(9-13(14)18(20)21)15(19)17-11-4-6-12(7-5-11)25(16,22)23/h3-9H,2H2,1H3,(H,17,19)(H2,16,22,23). The first-order chi connectivity index (χ1) is 11.7. The first kappa shape index (κ1) is 18.4. The third-order valence-electron chi connectivity index (χ3n) is 3.16. The predicted octanol–water partition coefficient (Wildman–Crippen LogP) is 1.89. The third-order valence-corrected chi connectivity index (χ3v) is 4.09. The van der Waals surface area contributed by atoms with Crippen molar-refractivity contribution in [2.45, 2.75) is 11.8 Å². The van der Waals surface area contributed by atoms with Crippen molar-refractivity contribution in [3.63, 3.8) is 0 Å². The van der Waals surface area contributed by atoms with Crippen LogP contribution in [0, 0.1) is 10.1 Å². The number of benzene rings is 2. The Morgan fingerprint density at radius 3 is 2.40 bits per heavy atom. The fourth-order valence-corrected chi connectivity index (χ4v) is 2.53. The molecule has 0 aromatic heterocycles. The Labute approximate surface area is 143 Å². The normalized spacial score (nSPS) is 11.0. The summed E-state index contributed by atoms with van der Waals surface area (Å²) < 4.78 is 27.5. The van der Waals surface area contributed by atoms with E-state index in [1.54, 1.807) is 6.92 Å². The summed E-state index contributed by atoms with van der Waals surface area (Å²) in [6, 6.07) is 9.06. The third kappa shape index (κ3) is 4.52. The fourth-order valence-electron chi connectivity index (χ4n) is 2.01. The van der Waals surface area contributed by atoms with Crippen molar-refractivity contribution in [2.24, 2.45) is 5.14 Å². The molecule has 0 bridgehead atoms. The molecule has 2 aromatic carbocycles. The number of anilines is 1. The summed E-state index contributed by atoms with van der Waals surface area (Å²) in [5.41, 5.74) is 0.0543. The van der Waals surface area contributed by atoms with E-state index in [1.807, 2.05) is 0 Å². The van der Waals surface area contributed by atoms with E-state index in [-0.39, 0.29) is 28.5 Å². The van der Waals surface area contributed by atoms with Crippen LogP contribution in [0.25, 0.3) is 0 Å². The van der Waals surface area contributed by atoms with Crippen molar-refractivity contribution in [1.29, 1.82) is 0 Å². The SMILES string of the molecule is CCOc1ccc(C(=O)Nc2ccc(S(N)(=O)=O)cc2)cc1[N+](=O)[O-]. The summed E-state index contributed by atoms with van der Waals surface area (Å²) in [7, 11) is -3.83. The zero-order valence-electron chi connectivity index (χ0n) is 13.1. The summed E-state index contributed by atoms with van der Waals surface area (Å²) in [6.45, 7) is 1.94. The highest BCUT2D eigenvalue weighted by Crippen LogP contribution is 2.28. The maximum atomic E-state index is 12.2. The molecule has 0 fully saturated rings. The molecule has 9 nitrogen and oxygen atoms in total. The van der Waals surface area contributed by atoms with E-state index in [0.29, 0.717) is 5.69 Å². The summed E-state index contributed by atoms with van der Waals surface area (Å²) in [5, 5.41) is 18.6. The van der Waals surface area contributed by atoms with Crippen LogP contribution < -0.4 is 15.2 Å².